The average molecular weight is 848 g/mol. The van der Waals surface area contributed by atoms with E-state index < -0.39 is 12.1 Å². The second kappa shape index (κ2) is 50.2. The molecule has 0 fully saturated rings. The number of carbonyl (C=O) groups excluding carboxylic acids is 2. The molecule has 0 heterocycles. The molecule has 0 rings (SSSR count). The number of esters is 1. The summed E-state index contributed by atoms with van der Waals surface area (Å²) in [6.07, 6.45) is 57.9. The van der Waals surface area contributed by atoms with Crippen LogP contribution in [0.4, 0.5) is 0 Å². The van der Waals surface area contributed by atoms with Gasteiger partial charge in [0.25, 0.3) is 0 Å². The molecule has 2 unspecified atom stereocenters. The predicted molar refractivity (Wildman–Crippen MR) is 260 cm³/mol. The fourth-order valence-corrected chi connectivity index (χ4v) is 8.40. The Hall–Kier alpha value is -1.40. The number of carbonyl (C=O) groups is 2. The van der Waals surface area contributed by atoms with Crippen LogP contribution in [0.15, 0.2) is 12.2 Å². The molecular weight excluding hydrogens is 743 g/mol. The molecule has 0 spiro atoms. The SMILES string of the molecule is CCCCCCCCCCCC/C=C/C(O)C(CO)NC(=O)CCCCCCCCCCCCCCCCCOC(=O)CCCCCCCCCCCCCCCCCC. The number of hydrogen-bond donors (Lipinski definition) is 3. The maximum absolute atomic E-state index is 12.4. The highest BCUT2D eigenvalue weighted by Crippen LogP contribution is 2.17. The Kier molecular flexibility index (Phi) is 49.1. The first-order valence-electron chi connectivity index (χ1n) is 27.0. The van der Waals surface area contributed by atoms with Crippen LogP contribution in [0.25, 0.3) is 0 Å². The van der Waals surface area contributed by atoms with Crippen LogP contribution in [0.5, 0.6) is 0 Å². The van der Waals surface area contributed by atoms with Crippen molar-refractivity contribution in [2.45, 2.75) is 309 Å². The number of hydrogen-bond acceptors (Lipinski definition) is 5. The summed E-state index contributed by atoms with van der Waals surface area (Å²) in [6.45, 7) is 4.89. The maximum atomic E-state index is 12.4. The third-order valence-corrected chi connectivity index (χ3v) is 12.6. The lowest BCUT2D eigenvalue weighted by Crippen LogP contribution is -2.45. The molecule has 356 valence electrons. The van der Waals surface area contributed by atoms with Crippen molar-refractivity contribution in [3.8, 4) is 0 Å². The molecule has 3 N–H and O–H groups in total. The minimum atomic E-state index is -0.848. The topological polar surface area (TPSA) is 95.9 Å². The van der Waals surface area contributed by atoms with Crippen molar-refractivity contribution in [1.82, 2.24) is 5.32 Å². The lowest BCUT2D eigenvalue weighted by molar-refractivity contribution is -0.143. The maximum Gasteiger partial charge on any atom is 0.305 e. The predicted octanol–water partition coefficient (Wildman–Crippen LogP) is 16.1. The van der Waals surface area contributed by atoms with Crippen LogP contribution < -0.4 is 5.32 Å². The van der Waals surface area contributed by atoms with Gasteiger partial charge >= 0.3 is 5.97 Å². The molecule has 0 bridgehead atoms. The molecule has 0 aliphatic heterocycles. The van der Waals surface area contributed by atoms with Crippen LogP contribution >= 0.6 is 0 Å². The highest BCUT2D eigenvalue weighted by atomic mass is 16.5. The fourth-order valence-electron chi connectivity index (χ4n) is 8.40. The summed E-state index contributed by atoms with van der Waals surface area (Å²) in [5, 5.41) is 23.0. The van der Waals surface area contributed by atoms with Gasteiger partial charge in [-0.3, -0.25) is 9.59 Å². The smallest absolute Gasteiger partial charge is 0.305 e. The first-order valence-corrected chi connectivity index (χ1v) is 27.0. The summed E-state index contributed by atoms with van der Waals surface area (Å²) >= 11 is 0. The molecule has 60 heavy (non-hydrogen) atoms. The van der Waals surface area contributed by atoms with Crippen molar-refractivity contribution < 1.29 is 24.5 Å². The number of ether oxygens (including phenoxy) is 1. The van der Waals surface area contributed by atoms with Gasteiger partial charge in [0.05, 0.1) is 25.4 Å². The molecule has 0 aromatic carbocycles. The molecule has 0 aliphatic carbocycles. The van der Waals surface area contributed by atoms with Crippen LogP contribution in [0.1, 0.15) is 296 Å². The van der Waals surface area contributed by atoms with Crippen molar-refractivity contribution in [2.75, 3.05) is 13.2 Å². The number of amides is 1. The van der Waals surface area contributed by atoms with Gasteiger partial charge < -0.3 is 20.3 Å². The van der Waals surface area contributed by atoms with E-state index in [9.17, 15) is 19.8 Å². The second-order valence-corrected chi connectivity index (χ2v) is 18.6. The summed E-state index contributed by atoms with van der Waals surface area (Å²) in [6, 6.07) is -0.632. The van der Waals surface area contributed by atoms with Crippen LogP contribution in [-0.2, 0) is 14.3 Å². The Morgan fingerprint density at radius 1 is 0.450 bits per heavy atom. The summed E-state index contributed by atoms with van der Waals surface area (Å²) in [5.74, 6) is -0.0731. The van der Waals surface area contributed by atoms with Crippen LogP contribution in [0.3, 0.4) is 0 Å². The Morgan fingerprint density at radius 3 is 1.13 bits per heavy atom. The molecule has 6 nitrogen and oxygen atoms in total. The van der Waals surface area contributed by atoms with Crippen molar-refractivity contribution in [1.29, 1.82) is 0 Å². The zero-order valence-corrected chi connectivity index (χ0v) is 40.5. The minimum absolute atomic E-state index is 0.00305. The van der Waals surface area contributed by atoms with Crippen molar-refractivity contribution in [3.63, 3.8) is 0 Å². The van der Waals surface area contributed by atoms with Gasteiger partial charge in [-0.15, -0.1) is 0 Å². The molecule has 2 atom stereocenters. The first kappa shape index (κ1) is 58.6. The number of aliphatic hydroxyl groups excluding tert-OH is 2. The summed E-state index contributed by atoms with van der Waals surface area (Å²) in [5.41, 5.74) is 0. The molecule has 0 aliphatic rings. The van der Waals surface area contributed by atoms with E-state index in [1.54, 1.807) is 6.08 Å². The van der Waals surface area contributed by atoms with Crippen LogP contribution in [0.2, 0.25) is 0 Å². The quantitative estimate of drug-likeness (QED) is 0.0322. The van der Waals surface area contributed by atoms with Gasteiger partial charge in [0.15, 0.2) is 0 Å². The third kappa shape index (κ3) is 46.1. The normalized spacial score (nSPS) is 12.7. The van der Waals surface area contributed by atoms with Crippen LogP contribution in [0, 0.1) is 0 Å². The van der Waals surface area contributed by atoms with Crippen molar-refractivity contribution in [3.05, 3.63) is 12.2 Å². The summed E-state index contributed by atoms with van der Waals surface area (Å²) in [4.78, 5) is 24.5. The summed E-state index contributed by atoms with van der Waals surface area (Å²) < 4.78 is 5.48. The van der Waals surface area contributed by atoms with E-state index in [1.807, 2.05) is 6.08 Å². The second-order valence-electron chi connectivity index (χ2n) is 18.6. The zero-order valence-electron chi connectivity index (χ0n) is 40.5. The monoisotopic (exact) mass is 848 g/mol. The Labute approximate surface area is 374 Å². The van der Waals surface area contributed by atoms with E-state index in [1.165, 1.54) is 225 Å². The first-order chi connectivity index (χ1) is 29.5. The molecule has 0 saturated heterocycles. The standard InChI is InChI=1S/C54H105NO5/c1-3-5-7-9-11-13-15-17-18-21-24-28-32-36-40-44-48-54(59)60-49-45-41-37-33-29-25-22-19-20-23-27-31-35-39-43-47-53(58)55-51(50-56)52(57)46-42-38-34-30-26-16-14-12-10-8-6-4-2/h42,46,51-52,56-57H,3-41,43-45,47-50H2,1-2H3,(H,55,58)/b46-42+. The van der Waals surface area contributed by atoms with Crippen LogP contribution in [-0.4, -0.2) is 47.4 Å². The highest BCUT2D eigenvalue weighted by Gasteiger charge is 2.18. The van der Waals surface area contributed by atoms with Crippen molar-refractivity contribution in [2.24, 2.45) is 0 Å². The number of aliphatic hydroxyl groups is 2. The largest absolute Gasteiger partial charge is 0.466 e. The van der Waals surface area contributed by atoms with E-state index in [4.69, 9.17) is 4.74 Å². The lowest BCUT2D eigenvalue weighted by Gasteiger charge is -2.20. The molecule has 0 saturated carbocycles. The van der Waals surface area contributed by atoms with Gasteiger partial charge in [0.1, 0.15) is 0 Å². The van der Waals surface area contributed by atoms with E-state index >= 15 is 0 Å². The van der Waals surface area contributed by atoms with Gasteiger partial charge in [-0.25, -0.2) is 0 Å². The van der Waals surface area contributed by atoms with Gasteiger partial charge in [-0.2, -0.15) is 0 Å². The average Bonchev–Trinajstić information content (AvgIpc) is 3.25. The number of allylic oxidation sites excluding steroid dienone is 1. The Bertz CT molecular complexity index is 893. The highest BCUT2D eigenvalue weighted by molar-refractivity contribution is 5.76. The fraction of sp³-hybridized carbons (Fsp3) is 0.926. The van der Waals surface area contributed by atoms with Gasteiger partial charge in [-0.1, -0.05) is 264 Å². The van der Waals surface area contributed by atoms with Gasteiger partial charge in [0.2, 0.25) is 5.91 Å². The van der Waals surface area contributed by atoms with Gasteiger partial charge in [0, 0.05) is 12.8 Å². The van der Waals surface area contributed by atoms with E-state index in [2.05, 4.69) is 19.2 Å². The zero-order chi connectivity index (χ0) is 43.7. The van der Waals surface area contributed by atoms with Gasteiger partial charge in [-0.05, 0) is 32.1 Å². The third-order valence-electron chi connectivity index (χ3n) is 12.6. The number of unbranched alkanes of at least 4 members (excludes halogenated alkanes) is 39. The van der Waals surface area contributed by atoms with Crippen molar-refractivity contribution >= 4 is 11.9 Å². The minimum Gasteiger partial charge on any atom is -0.466 e. The Balaban J connectivity index is 3.42. The number of nitrogens with one attached hydrogen (secondary N) is 1. The molecule has 0 aromatic heterocycles. The van der Waals surface area contributed by atoms with E-state index in [0.29, 0.717) is 19.4 Å². The van der Waals surface area contributed by atoms with E-state index in [-0.39, 0.29) is 18.5 Å². The summed E-state index contributed by atoms with van der Waals surface area (Å²) in [7, 11) is 0. The van der Waals surface area contributed by atoms with E-state index in [0.717, 1.165) is 44.9 Å². The molecular formula is C54H105NO5. The number of rotatable bonds is 50. The Morgan fingerprint density at radius 2 is 0.767 bits per heavy atom. The molecule has 0 radical (unpaired) electrons. The molecule has 0 aromatic rings. The lowest BCUT2D eigenvalue weighted by atomic mass is 10.0. The molecule has 1 amide bonds. The molecule has 6 heteroatoms.